The van der Waals surface area contributed by atoms with E-state index in [1.807, 2.05) is 35.7 Å². The Bertz CT molecular complexity index is 2470. The van der Waals surface area contributed by atoms with E-state index < -0.39 is 15.9 Å². The number of nitrogens with two attached hydrogens (primary N) is 1. The SMILES string of the molecule is COC[NH2+]c1cc(S(=O)(=O)NC(=O)C2=CCC(N3CCC(CN4C(=O)C5(CCCC5)C4c4ccc(Cl)cc4)CC3)C=C2Oc2cnc3[nH]ccc3c2)ccc1NCC1CCOCC1. The number of nitrogens with zero attached hydrogens (tertiary/aromatic N) is 3. The zero-order valence-corrected chi connectivity index (χ0v) is 37.3. The van der Waals surface area contributed by atoms with Crippen molar-refractivity contribution in [1.82, 2.24) is 24.5 Å². The van der Waals surface area contributed by atoms with Crippen LogP contribution in [0.1, 0.15) is 69.4 Å². The molecule has 2 atom stereocenters. The Hall–Kier alpha value is -4.77. The van der Waals surface area contributed by atoms with Gasteiger partial charge in [0.1, 0.15) is 17.2 Å². The lowest BCUT2D eigenvalue weighted by Gasteiger charge is -2.56. The van der Waals surface area contributed by atoms with Crippen molar-refractivity contribution in [3.8, 4) is 5.75 Å². The van der Waals surface area contributed by atoms with Crippen LogP contribution in [-0.4, -0.2) is 99.3 Å². The summed E-state index contributed by atoms with van der Waals surface area (Å²) in [6, 6.07) is 16.5. The van der Waals surface area contributed by atoms with Crippen molar-refractivity contribution in [3.05, 3.63) is 101 Å². The molecule has 2 aromatic heterocycles. The van der Waals surface area contributed by atoms with Gasteiger partial charge in [0.25, 0.3) is 15.9 Å². The molecule has 2 aliphatic carbocycles. The molecule has 2 aromatic carbocycles. The molecule has 3 saturated heterocycles. The molecule has 63 heavy (non-hydrogen) atoms. The van der Waals surface area contributed by atoms with Crippen LogP contribution in [0.2, 0.25) is 5.02 Å². The topological polar surface area (TPSA) is 172 Å². The number of hydrogen-bond acceptors (Lipinski definition) is 10. The number of quaternary nitrogens is 1. The molecule has 5 N–H and O–H groups in total. The normalized spacial score (nSPS) is 22.2. The zero-order valence-electron chi connectivity index (χ0n) is 35.7. The van der Waals surface area contributed by atoms with Gasteiger partial charge >= 0.3 is 0 Å². The van der Waals surface area contributed by atoms with Crippen molar-refractivity contribution in [3.63, 3.8) is 0 Å². The van der Waals surface area contributed by atoms with E-state index in [4.69, 9.17) is 25.8 Å². The fourth-order valence-electron chi connectivity index (χ4n) is 10.3. The van der Waals surface area contributed by atoms with Crippen LogP contribution in [0.4, 0.5) is 11.4 Å². The molecular weight excluding hydrogens is 842 g/mol. The van der Waals surface area contributed by atoms with Crippen molar-refractivity contribution in [2.75, 3.05) is 58.6 Å². The Kier molecular flexibility index (Phi) is 12.9. The van der Waals surface area contributed by atoms with E-state index in [-0.39, 0.29) is 40.5 Å². The summed E-state index contributed by atoms with van der Waals surface area (Å²) in [6.45, 7) is 4.83. The van der Waals surface area contributed by atoms with E-state index in [0.29, 0.717) is 46.3 Å². The van der Waals surface area contributed by atoms with Gasteiger partial charge in [0.15, 0.2) is 12.4 Å². The second-order valence-corrected chi connectivity index (χ2v) is 19.8. The fourth-order valence-corrected chi connectivity index (χ4v) is 11.4. The van der Waals surface area contributed by atoms with Crippen molar-refractivity contribution < 1.29 is 37.5 Å². The Morgan fingerprint density at radius 1 is 1.03 bits per heavy atom. The quantitative estimate of drug-likeness (QED) is 0.0614. The summed E-state index contributed by atoms with van der Waals surface area (Å²) in [5.74, 6) is 1.01. The number of likely N-dealkylation sites (tertiary alicyclic amines) is 2. The van der Waals surface area contributed by atoms with E-state index in [9.17, 15) is 18.0 Å². The third-order valence-corrected chi connectivity index (χ3v) is 15.3. The second kappa shape index (κ2) is 18.8. The molecule has 16 heteroatoms. The summed E-state index contributed by atoms with van der Waals surface area (Å²) >= 11 is 6.26. The third kappa shape index (κ3) is 9.27. The van der Waals surface area contributed by atoms with Crippen LogP contribution < -0.4 is 20.1 Å². The summed E-state index contributed by atoms with van der Waals surface area (Å²) < 4.78 is 47.4. The average molecular weight is 900 g/mol. The predicted molar refractivity (Wildman–Crippen MR) is 240 cm³/mol. The zero-order chi connectivity index (χ0) is 43.6. The van der Waals surface area contributed by atoms with Gasteiger partial charge in [-0.1, -0.05) is 42.7 Å². The molecule has 1 saturated carbocycles. The lowest BCUT2D eigenvalue weighted by molar-refractivity contribution is -0.608. The lowest BCUT2D eigenvalue weighted by Crippen LogP contribution is -2.78. The van der Waals surface area contributed by atoms with E-state index in [1.54, 1.807) is 37.7 Å². The summed E-state index contributed by atoms with van der Waals surface area (Å²) in [5, 5.41) is 6.83. The second-order valence-electron chi connectivity index (χ2n) is 17.7. The molecule has 0 radical (unpaired) electrons. The van der Waals surface area contributed by atoms with E-state index in [0.717, 1.165) is 102 Å². The van der Waals surface area contributed by atoms with Crippen molar-refractivity contribution in [2.45, 2.75) is 74.8 Å². The van der Waals surface area contributed by atoms with E-state index in [1.165, 1.54) is 11.6 Å². The minimum absolute atomic E-state index is 0.0432. The predicted octanol–water partition coefficient (Wildman–Crippen LogP) is 6.18. The first-order valence-electron chi connectivity index (χ1n) is 22.3. The number of amides is 2. The minimum Gasteiger partial charge on any atom is -0.455 e. The lowest BCUT2D eigenvalue weighted by atomic mass is 9.66. The number of sulfonamides is 1. The van der Waals surface area contributed by atoms with Crippen LogP contribution in [0.5, 0.6) is 5.75 Å². The maximum absolute atomic E-state index is 14.1. The van der Waals surface area contributed by atoms with Gasteiger partial charge in [0.2, 0.25) is 5.91 Å². The van der Waals surface area contributed by atoms with Crippen molar-refractivity contribution in [2.24, 2.45) is 17.3 Å². The Morgan fingerprint density at radius 2 is 1.81 bits per heavy atom. The van der Waals surface area contributed by atoms with Gasteiger partial charge in [-0.3, -0.25) is 19.8 Å². The first-order valence-corrected chi connectivity index (χ1v) is 24.2. The monoisotopic (exact) mass is 898 g/mol. The number of piperidine rings is 1. The standard InChI is InChI=1S/C47H56ClN7O7S/c1-60-30-52-41-26-38(9-11-40(41)50-27-31-15-22-61-23-16-31)63(58,59)53-45(56)39-10-8-36(25-42(39)62-37-24-34-12-19-49-44(34)51-28-37)54-20-13-32(14-21-54)29-55-43(33-4-6-35(48)7-5-33)47(46(55)57)17-2-3-18-47/h4-7,9-12,19,24-26,28,31-32,36,43,50,52H,2-3,8,13-18,20-23,27,29-30H2,1H3,(H,49,51)(H,53,56)/p+1. The molecule has 1 spiro atoms. The number of fused-ring (bicyclic) bond motifs is 1. The molecule has 4 aromatic rings. The number of anilines is 1. The molecule has 2 amide bonds. The Balaban J connectivity index is 0.890. The van der Waals surface area contributed by atoms with Gasteiger partial charge in [-0.05, 0) is 118 Å². The van der Waals surface area contributed by atoms with Crippen LogP contribution in [-0.2, 0) is 29.1 Å². The highest BCUT2D eigenvalue weighted by molar-refractivity contribution is 7.90. The van der Waals surface area contributed by atoms with Gasteiger partial charge < -0.3 is 29.4 Å². The summed E-state index contributed by atoms with van der Waals surface area (Å²) in [7, 11) is -2.72. The molecule has 334 valence electrons. The van der Waals surface area contributed by atoms with Gasteiger partial charge in [0.05, 0.1) is 33.8 Å². The molecule has 3 aliphatic heterocycles. The third-order valence-electron chi connectivity index (χ3n) is 13.7. The number of β-lactam (4-membered cyclic amide) rings is 1. The van der Waals surface area contributed by atoms with Crippen molar-refractivity contribution in [1.29, 1.82) is 0 Å². The van der Waals surface area contributed by atoms with Crippen LogP contribution in [0.3, 0.4) is 0 Å². The molecule has 5 aliphatic rings. The molecule has 0 bridgehead atoms. The minimum atomic E-state index is -4.30. The highest BCUT2D eigenvalue weighted by Crippen LogP contribution is 2.59. The number of aromatic nitrogens is 2. The maximum Gasteiger partial charge on any atom is 0.268 e. The van der Waals surface area contributed by atoms with E-state index >= 15 is 0 Å². The number of pyridine rings is 1. The van der Waals surface area contributed by atoms with Gasteiger partial charge in [-0.2, -0.15) is 0 Å². The highest BCUT2D eigenvalue weighted by atomic mass is 35.5. The van der Waals surface area contributed by atoms with Crippen molar-refractivity contribution >= 4 is 55.8 Å². The van der Waals surface area contributed by atoms with Gasteiger partial charge in [-0.25, -0.2) is 18.1 Å². The largest absolute Gasteiger partial charge is 0.455 e. The summed E-state index contributed by atoms with van der Waals surface area (Å²) in [4.78, 5) is 39.9. The smallest absolute Gasteiger partial charge is 0.268 e. The summed E-state index contributed by atoms with van der Waals surface area (Å²) in [6.07, 6.45) is 15.4. The number of benzene rings is 2. The van der Waals surface area contributed by atoms with Gasteiger partial charge in [0, 0.05) is 62.1 Å². The molecular formula is C47H57ClN7O7S+. The Morgan fingerprint density at radius 3 is 2.57 bits per heavy atom. The van der Waals surface area contributed by atoms with Crippen LogP contribution >= 0.6 is 11.6 Å². The number of carbonyl (C=O) groups excluding carboxylic acids is 2. The number of H-pyrrole nitrogens is 1. The number of hydrogen-bond donors (Lipinski definition) is 4. The maximum atomic E-state index is 14.1. The number of halogens is 1. The molecule has 2 unspecified atom stereocenters. The van der Waals surface area contributed by atoms with Crippen LogP contribution in [0, 0.1) is 17.3 Å². The molecule has 9 rings (SSSR count). The van der Waals surface area contributed by atoms with E-state index in [2.05, 4.69) is 41.9 Å². The number of aromatic amines is 1. The number of rotatable bonds is 15. The molecule has 14 nitrogen and oxygen atoms in total. The first kappa shape index (κ1) is 43.5. The average Bonchev–Trinajstić information content (AvgIpc) is 4.00. The van der Waals surface area contributed by atoms with Gasteiger partial charge in [-0.15, -0.1) is 0 Å². The Labute approximate surface area is 373 Å². The number of methoxy groups -OCH3 is 1. The van der Waals surface area contributed by atoms with Crippen LogP contribution in [0.15, 0.2) is 95.4 Å². The number of carbonyl (C=O) groups is 2. The van der Waals surface area contributed by atoms with Crippen LogP contribution in [0.25, 0.3) is 11.0 Å². The molecule has 5 heterocycles. The number of nitrogens with one attached hydrogen (secondary N) is 3. The molecule has 4 fully saturated rings. The highest BCUT2D eigenvalue weighted by Gasteiger charge is 2.61. The number of ether oxygens (including phenoxy) is 3. The fraction of sp³-hybridized carbons (Fsp3) is 0.468. The summed E-state index contributed by atoms with van der Waals surface area (Å²) in [5.41, 5.74) is 3.16. The first-order chi connectivity index (χ1) is 30.6.